The molecule has 1 aliphatic carbocycles. The fraction of sp³-hybridized carbons (Fsp3) is 0.235. The summed E-state index contributed by atoms with van der Waals surface area (Å²) in [6.07, 6.45) is -2.77. The topological polar surface area (TPSA) is 46.5 Å². The number of ether oxygens (including phenoxy) is 1. The molecule has 24 heavy (non-hydrogen) atoms. The summed E-state index contributed by atoms with van der Waals surface area (Å²) >= 11 is 6.10. The van der Waals surface area contributed by atoms with E-state index >= 15 is 0 Å². The number of alkyl halides is 3. The van der Waals surface area contributed by atoms with Gasteiger partial charge in [0.2, 0.25) is 0 Å². The lowest BCUT2D eigenvalue weighted by atomic mass is 9.94. The van der Waals surface area contributed by atoms with E-state index in [0.717, 1.165) is 31.0 Å². The summed E-state index contributed by atoms with van der Waals surface area (Å²) in [5.74, 6) is -1.06. The summed E-state index contributed by atoms with van der Waals surface area (Å²) in [5.41, 5.74) is -1.78. The highest BCUT2D eigenvalue weighted by Gasteiger charge is 2.35. The molecule has 2 aromatic rings. The lowest BCUT2D eigenvalue weighted by Gasteiger charge is -2.16. The van der Waals surface area contributed by atoms with Gasteiger partial charge in [0, 0.05) is 5.56 Å². The number of hydrogen-bond acceptors (Lipinski definition) is 2. The molecular formula is C17H12ClF3O3. The van der Waals surface area contributed by atoms with E-state index in [0.29, 0.717) is 5.75 Å². The molecule has 7 heteroatoms. The molecule has 2 aromatic carbocycles. The van der Waals surface area contributed by atoms with E-state index < -0.39 is 28.8 Å². The number of halogens is 4. The van der Waals surface area contributed by atoms with Gasteiger partial charge in [-0.15, -0.1) is 0 Å². The molecule has 3 rings (SSSR count). The van der Waals surface area contributed by atoms with Crippen LogP contribution in [0.25, 0.3) is 11.1 Å². The summed E-state index contributed by atoms with van der Waals surface area (Å²) in [6, 6.07) is 7.22. The van der Waals surface area contributed by atoms with Crippen molar-refractivity contribution in [1.29, 1.82) is 0 Å². The van der Waals surface area contributed by atoms with E-state index in [9.17, 15) is 23.1 Å². The third kappa shape index (κ3) is 3.33. The Bertz CT molecular complexity index is 798. The van der Waals surface area contributed by atoms with Crippen LogP contribution in [-0.4, -0.2) is 17.2 Å². The zero-order valence-corrected chi connectivity index (χ0v) is 13.0. The normalized spacial score (nSPS) is 14.5. The Hall–Kier alpha value is -2.21. The number of carboxylic acid groups (broad SMARTS) is 1. The van der Waals surface area contributed by atoms with Crippen molar-refractivity contribution in [2.24, 2.45) is 0 Å². The van der Waals surface area contributed by atoms with E-state index in [4.69, 9.17) is 16.3 Å². The Balaban J connectivity index is 2.13. The molecular weight excluding hydrogens is 345 g/mol. The van der Waals surface area contributed by atoms with Gasteiger partial charge in [0.15, 0.2) is 0 Å². The van der Waals surface area contributed by atoms with Crippen molar-refractivity contribution in [1.82, 2.24) is 0 Å². The summed E-state index contributed by atoms with van der Waals surface area (Å²) in [7, 11) is 0. The molecule has 0 aliphatic heterocycles. The summed E-state index contributed by atoms with van der Waals surface area (Å²) < 4.78 is 45.4. The monoisotopic (exact) mass is 356 g/mol. The maximum atomic E-state index is 13.3. The number of rotatable bonds is 4. The first-order chi connectivity index (χ1) is 11.3. The van der Waals surface area contributed by atoms with Crippen molar-refractivity contribution in [3.05, 3.63) is 52.5 Å². The molecule has 0 aromatic heterocycles. The summed E-state index contributed by atoms with van der Waals surface area (Å²) in [5, 5.41) is 9.39. The number of carbonyl (C=O) groups is 1. The first-order valence-electron chi connectivity index (χ1n) is 7.17. The summed E-state index contributed by atoms with van der Waals surface area (Å²) in [4.78, 5) is 11.4. The molecule has 1 saturated carbocycles. The predicted molar refractivity (Wildman–Crippen MR) is 82.5 cm³/mol. The van der Waals surface area contributed by atoms with Crippen LogP contribution in [0.1, 0.15) is 28.8 Å². The third-order valence-corrected chi connectivity index (χ3v) is 3.93. The van der Waals surface area contributed by atoms with Crippen molar-refractivity contribution in [3.8, 4) is 16.9 Å². The van der Waals surface area contributed by atoms with Gasteiger partial charge in [-0.1, -0.05) is 23.7 Å². The SMILES string of the molecule is O=C(O)c1cccc(C(F)(F)F)c1-c1ccc(OC2CC2)c(Cl)c1. The Morgan fingerprint density at radius 1 is 1.21 bits per heavy atom. The molecule has 1 aliphatic rings. The van der Waals surface area contributed by atoms with Gasteiger partial charge >= 0.3 is 12.1 Å². The predicted octanol–water partition coefficient (Wildman–Crippen LogP) is 5.27. The van der Waals surface area contributed by atoms with Crippen LogP contribution in [-0.2, 0) is 6.18 Å². The zero-order chi connectivity index (χ0) is 17.5. The minimum Gasteiger partial charge on any atom is -0.489 e. The van der Waals surface area contributed by atoms with Gasteiger partial charge < -0.3 is 9.84 Å². The smallest absolute Gasteiger partial charge is 0.417 e. The quantitative estimate of drug-likeness (QED) is 0.812. The van der Waals surface area contributed by atoms with E-state index in [-0.39, 0.29) is 16.7 Å². The second-order valence-electron chi connectivity index (χ2n) is 5.49. The molecule has 0 amide bonds. The fourth-order valence-electron chi connectivity index (χ4n) is 2.40. The van der Waals surface area contributed by atoms with Crippen LogP contribution < -0.4 is 4.74 Å². The molecule has 0 spiro atoms. The van der Waals surface area contributed by atoms with E-state index in [1.165, 1.54) is 18.2 Å². The first-order valence-corrected chi connectivity index (χ1v) is 7.55. The lowest BCUT2D eigenvalue weighted by molar-refractivity contribution is -0.137. The highest BCUT2D eigenvalue weighted by Crippen LogP contribution is 2.41. The minimum absolute atomic E-state index is 0.0773. The number of hydrogen-bond donors (Lipinski definition) is 1. The standard InChI is InChI=1S/C17H12ClF3O3/c18-13-8-9(4-7-14(13)24-10-5-6-10)15-11(16(22)23)2-1-3-12(15)17(19,20)21/h1-4,7-8,10H,5-6H2,(H,22,23). The first kappa shape index (κ1) is 16.6. The van der Waals surface area contributed by atoms with Gasteiger partial charge in [-0.05, 0) is 42.7 Å². The molecule has 0 saturated heterocycles. The maximum absolute atomic E-state index is 13.3. The lowest BCUT2D eigenvalue weighted by Crippen LogP contribution is -2.11. The zero-order valence-electron chi connectivity index (χ0n) is 12.2. The van der Waals surface area contributed by atoms with Crippen LogP contribution in [0.15, 0.2) is 36.4 Å². The molecule has 1 N–H and O–H groups in total. The minimum atomic E-state index is -4.68. The van der Waals surface area contributed by atoms with E-state index in [1.54, 1.807) is 0 Å². The number of aromatic carboxylic acids is 1. The molecule has 3 nitrogen and oxygen atoms in total. The van der Waals surface area contributed by atoms with Gasteiger partial charge in [-0.2, -0.15) is 13.2 Å². The fourth-order valence-corrected chi connectivity index (χ4v) is 2.62. The van der Waals surface area contributed by atoms with E-state index in [2.05, 4.69) is 0 Å². The molecule has 126 valence electrons. The highest BCUT2D eigenvalue weighted by molar-refractivity contribution is 6.32. The second kappa shape index (κ2) is 6.02. The Morgan fingerprint density at radius 3 is 2.46 bits per heavy atom. The molecule has 0 heterocycles. The van der Waals surface area contributed by atoms with Crippen LogP contribution in [0, 0.1) is 0 Å². The van der Waals surface area contributed by atoms with Crippen molar-refractivity contribution in [3.63, 3.8) is 0 Å². The largest absolute Gasteiger partial charge is 0.489 e. The van der Waals surface area contributed by atoms with Crippen LogP contribution in [0.2, 0.25) is 5.02 Å². The third-order valence-electron chi connectivity index (χ3n) is 3.64. The molecule has 0 unspecified atom stereocenters. The number of benzene rings is 2. The Labute approximate surface area is 140 Å². The van der Waals surface area contributed by atoms with Gasteiger partial charge in [0.25, 0.3) is 0 Å². The maximum Gasteiger partial charge on any atom is 0.417 e. The van der Waals surface area contributed by atoms with Crippen LogP contribution in [0.5, 0.6) is 5.75 Å². The van der Waals surface area contributed by atoms with Crippen molar-refractivity contribution >= 4 is 17.6 Å². The van der Waals surface area contributed by atoms with Crippen molar-refractivity contribution < 1.29 is 27.8 Å². The van der Waals surface area contributed by atoms with Crippen LogP contribution >= 0.6 is 11.6 Å². The van der Waals surface area contributed by atoms with Crippen molar-refractivity contribution in [2.75, 3.05) is 0 Å². The molecule has 1 fully saturated rings. The highest BCUT2D eigenvalue weighted by atomic mass is 35.5. The van der Waals surface area contributed by atoms with Gasteiger partial charge in [0.05, 0.1) is 22.3 Å². The average Bonchev–Trinajstić information content (AvgIpc) is 3.31. The van der Waals surface area contributed by atoms with Crippen LogP contribution in [0.4, 0.5) is 13.2 Å². The van der Waals surface area contributed by atoms with Gasteiger partial charge in [0.1, 0.15) is 5.75 Å². The van der Waals surface area contributed by atoms with E-state index in [1.807, 2.05) is 0 Å². The molecule has 0 radical (unpaired) electrons. The van der Waals surface area contributed by atoms with Crippen molar-refractivity contribution in [2.45, 2.75) is 25.1 Å². The summed E-state index contributed by atoms with van der Waals surface area (Å²) in [6.45, 7) is 0. The molecule has 0 bridgehead atoms. The second-order valence-corrected chi connectivity index (χ2v) is 5.90. The van der Waals surface area contributed by atoms with Gasteiger partial charge in [-0.25, -0.2) is 4.79 Å². The molecule has 0 atom stereocenters. The van der Waals surface area contributed by atoms with Gasteiger partial charge in [-0.3, -0.25) is 0 Å². The number of carboxylic acids is 1. The average molecular weight is 357 g/mol. The Morgan fingerprint density at radius 2 is 1.92 bits per heavy atom. The van der Waals surface area contributed by atoms with Crippen LogP contribution in [0.3, 0.4) is 0 Å². The Kier molecular flexibility index (Phi) is 4.17.